The Kier molecular flexibility index (Phi) is 6.65. The summed E-state index contributed by atoms with van der Waals surface area (Å²) in [6.45, 7) is 1.85. The monoisotopic (exact) mass is 496 g/mol. The standard InChI is InChI=1S/C25H23F3N6O2/c1-14-5-6-15(24(35)31-16-7-9-20(36-4)17(12-16)25(26,27)28)11-19(14)32-23-22-18(29-13-30-23)8-10-21(33-22)34(2)3/h5-13H,1-4H3,(H,31,35)(H,29,30,32). The maximum atomic E-state index is 13.3. The van der Waals surface area contributed by atoms with Crippen molar-refractivity contribution in [1.29, 1.82) is 0 Å². The van der Waals surface area contributed by atoms with Crippen molar-refractivity contribution >= 4 is 40.0 Å². The van der Waals surface area contributed by atoms with Crippen molar-refractivity contribution in [3.8, 4) is 5.75 Å². The molecule has 2 aromatic heterocycles. The van der Waals surface area contributed by atoms with Crippen molar-refractivity contribution in [3.63, 3.8) is 0 Å². The van der Waals surface area contributed by atoms with Crippen LogP contribution < -0.4 is 20.3 Å². The van der Waals surface area contributed by atoms with Crippen LogP contribution in [0.1, 0.15) is 21.5 Å². The number of methoxy groups -OCH3 is 1. The van der Waals surface area contributed by atoms with E-state index in [1.165, 1.54) is 12.4 Å². The van der Waals surface area contributed by atoms with Crippen LogP contribution in [0, 0.1) is 6.92 Å². The van der Waals surface area contributed by atoms with Gasteiger partial charge in [-0.15, -0.1) is 0 Å². The summed E-state index contributed by atoms with van der Waals surface area (Å²) < 4.78 is 44.8. The van der Waals surface area contributed by atoms with Gasteiger partial charge in [0.05, 0.1) is 18.2 Å². The maximum Gasteiger partial charge on any atom is 0.420 e. The van der Waals surface area contributed by atoms with E-state index in [4.69, 9.17) is 4.74 Å². The predicted molar refractivity (Wildman–Crippen MR) is 132 cm³/mol. The molecule has 0 spiro atoms. The first kappa shape index (κ1) is 24.7. The molecule has 0 aliphatic heterocycles. The summed E-state index contributed by atoms with van der Waals surface area (Å²) in [6.07, 6.45) is -3.22. The molecule has 0 saturated carbocycles. The van der Waals surface area contributed by atoms with Gasteiger partial charge in [-0.1, -0.05) is 6.07 Å². The van der Waals surface area contributed by atoms with Crippen molar-refractivity contribution in [2.24, 2.45) is 0 Å². The van der Waals surface area contributed by atoms with E-state index < -0.39 is 17.6 Å². The zero-order valence-electron chi connectivity index (χ0n) is 19.9. The highest BCUT2D eigenvalue weighted by Crippen LogP contribution is 2.38. The molecule has 0 radical (unpaired) electrons. The molecule has 2 heterocycles. The fourth-order valence-electron chi connectivity index (χ4n) is 3.51. The van der Waals surface area contributed by atoms with Crippen LogP contribution in [0.15, 0.2) is 54.9 Å². The first-order valence-corrected chi connectivity index (χ1v) is 10.8. The molecule has 0 aliphatic rings. The van der Waals surface area contributed by atoms with E-state index in [1.54, 1.807) is 18.2 Å². The predicted octanol–water partition coefficient (Wildman–Crippen LogP) is 5.42. The van der Waals surface area contributed by atoms with Crippen molar-refractivity contribution in [2.75, 3.05) is 36.7 Å². The number of rotatable bonds is 6. The Hall–Kier alpha value is -4.41. The van der Waals surface area contributed by atoms with Gasteiger partial charge in [0.25, 0.3) is 5.91 Å². The third kappa shape index (κ3) is 5.14. The van der Waals surface area contributed by atoms with E-state index in [0.717, 1.165) is 30.6 Å². The van der Waals surface area contributed by atoms with Gasteiger partial charge < -0.3 is 20.3 Å². The summed E-state index contributed by atoms with van der Waals surface area (Å²) in [5, 5.41) is 5.72. The molecule has 2 aromatic carbocycles. The van der Waals surface area contributed by atoms with Gasteiger partial charge in [-0.25, -0.2) is 15.0 Å². The van der Waals surface area contributed by atoms with Crippen molar-refractivity contribution in [2.45, 2.75) is 13.1 Å². The van der Waals surface area contributed by atoms with Gasteiger partial charge in [-0.2, -0.15) is 13.2 Å². The van der Waals surface area contributed by atoms with Gasteiger partial charge in [0.1, 0.15) is 23.4 Å². The molecule has 4 aromatic rings. The van der Waals surface area contributed by atoms with E-state index in [0.29, 0.717) is 22.5 Å². The summed E-state index contributed by atoms with van der Waals surface area (Å²) in [5.74, 6) is 0.277. The van der Waals surface area contributed by atoms with E-state index in [1.807, 2.05) is 38.1 Å². The second-order valence-corrected chi connectivity index (χ2v) is 8.18. The summed E-state index contributed by atoms with van der Waals surface area (Å²) in [7, 11) is 4.90. The van der Waals surface area contributed by atoms with E-state index in [9.17, 15) is 18.0 Å². The Morgan fingerprint density at radius 2 is 1.81 bits per heavy atom. The summed E-state index contributed by atoms with van der Waals surface area (Å²) >= 11 is 0. The number of pyridine rings is 1. The molecule has 4 rings (SSSR count). The van der Waals surface area contributed by atoms with Gasteiger partial charge in [0.15, 0.2) is 5.82 Å². The van der Waals surface area contributed by atoms with E-state index in [2.05, 4.69) is 25.6 Å². The van der Waals surface area contributed by atoms with Gasteiger partial charge in [0.2, 0.25) is 0 Å². The molecule has 0 fully saturated rings. The fraction of sp³-hybridized carbons (Fsp3) is 0.200. The molecule has 36 heavy (non-hydrogen) atoms. The SMILES string of the molecule is COc1ccc(NC(=O)c2ccc(C)c(Nc3ncnc4ccc(N(C)C)nc34)c2)cc1C(F)(F)F. The van der Waals surface area contributed by atoms with Gasteiger partial charge in [-0.3, -0.25) is 4.79 Å². The summed E-state index contributed by atoms with van der Waals surface area (Å²) in [6, 6.07) is 12.0. The largest absolute Gasteiger partial charge is 0.496 e. The Balaban J connectivity index is 1.63. The number of fused-ring (bicyclic) bond motifs is 1. The highest BCUT2D eigenvalue weighted by molar-refractivity contribution is 6.05. The number of aromatic nitrogens is 3. The first-order valence-electron chi connectivity index (χ1n) is 10.8. The van der Waals surface area contributed by atoms with Gasteiger partial charge in [0, 0.05) is 31.0 Å². The number of carbonyl (C=O) groups is 1. The number of nitrogens with one attached hydrogen (secondary N) is 2. The quantitative estimate of drug-likeness (QED) is 0.368. The van der Waals surface area contributed by atoms with Crippen molar-refractivity contribution in [1.82, 2.24) is 15.0 Å². The number of carbonyl (C=O) groups excluding carboxylic acids is 1. The third-order valence-corrected chi connectivity index (χ3v) is 5.44. The van der Waals surface area contributed by atoms with Crippen LogP contribution in [0.3, 0.4) is 0 Å². The smallest absolute Gasteiger partial charge is 0.420 e. The van der Waals surface area contributed by atoms with E-state index in [-0.39, 0.29) is 17.0 Å². The molecule has 11 heteroatoms. The number of ether oxygens (including phenoxy) is 1. The number of alkyl halides is 3. The van der Waals surface area contributed by atoms with Crippen LogP contribution in [-0.2, 0) is 6.18 Å². The number of halogens is 3. The zero-order valence-corrected chi connectivity index (χ0v) is 19.9. The highest BCUT2D eigenvalue weighted by Gasteiger charge is 2.34. The number of hydrogen-bond donors (Lipinski definition) is 2. The normalized spacial score (nSPS) is 11.3. The van der Waals surface area contributed by atoms with Crippen LogP contribution in [0.2, 0.25) is 0 Å². The molecular formula is C25H23F3N6O2. The minimum absolute atomic E-state index is 0.00887. The molecule has 2 N–H and O–H groups in total. The minimum Gasteiger partial charge on any atom is -0.496 e. The van der Waals surface area contributed by atoms with Gasteiger partial charge in [-0.05, 0) is 55.0 Å². The Labute approximate surface area is 205 Å². The lowest BCUT2D eigenvalue weighted by Gasteiger charge is -2.15. The van der Waals surface area contributed by atoms with Crippen LogP contribution >= 0.6 is 0 Å². The average molecular weight is 496 g/mol. The molecular weight excluding hydrogens is 473 g/mol. The Morgan fingerprint density at radius 3 is 2.50 bits per heavy atom. The zero-order chi connectivity index (χ0) is 26.0. The molecule has 0 atom stereocenters. The third-order valence-electron chi connectivity index (χ3n) is 5.44. The van der Waals surface area contributed by atoms with Gasteiger partial charge >= 0.3 is 6.18 Å². The number of hydrogen-bond acceptors (Lipinski definition) is 7. The Bertz CT molecular complexity index is 1440. The van der Waals surface area contributed by atoms with Crippen LogP contribution in [-0.4, -0.2) is 42.1 Å². The lowest BCUT2D eigenvalue weighted by molar-refractivity contribution is -0.138. The number of aryl methyl sites for hydroxylation is 1. The molecule has 1 amide bonds. The summed E-state index contributed by atoms with van der Waals surface area (Å²) in [4.78, 5) is 27.9. The second-order valence-electron chi connectivity index (χ2n) is 8.18. The average Bonchev–Trinajstić information content (AvgIpc) is 2.84. The first-order chi connectivity index (χ1) is 17.1. The number of amides is 1. The molecule has 8 nitrogen and oxygen atoms in total. The molecule has 0 unspecified atom stereocenters. The fourth-order valence-corrected chi connectivity index (χ4v) is 3.51. The number of benzene rings is 2. The second kappa shape index (κ2) is 9.68. The summed E-state index contributed by atoms with van der Waals surface area (Å²) in [5.41, 5.74) is 1.87. The van der Waals surface area contributed by atoms with Crippen molar-refractivity contribution < 1.29 is 22.7 Å². The molecule has 0 saturated heterocycles. The lowest BCUT2D eigenvalue weighted by Crippen LogP contribution is -2.14. The van der Waals surface area contributed by atoms with Crippen molar-refractivity contribution in [3.05, 3.63) is 71.5 Å². The van der Waals surface area contributed by atoms with Crippen LogP contribution in [0.5, 0.6) is 5.75 Å². The topological polar surface area (TPSA) is 92.3 Å². The minimum atomic E-state index is -4.63. The van der Waals surface area contributed by atoms with Crippen LogP contribution in [0.25, 0.3) is 11.0 Å². The highest BCUT2D eigenvalue weighted by atomic mass is 19.4. The maximum absolute atomic E-state index is 13.3. The number of nitrogens with zero attached hydrogens (tertiary/aromatic N) is 4. The Morgan fingerprint density at radius 1 is 1.03 bits per heavy atom. The molecule has 0 bridgehead atoms. The number of anilines is 4. The van der Waals surface area contributed by atoms with Crippen LogP contribution in [0.4, 0.5) is 36.2 Å². The lowest BCUT2D eigenvalue weighted by atomic mass is 10.1. The molecule has 186 valence electrons. The molecule has 0 aliphatic carbocycles. The van der Waals surface area contributed by atoms with E-state index >= 15 is 0 Å².